The highest BCUT2D eigenvalue weighted by Gasteiger charge is 2.59. The number of allylic oxidation sites excluding steroid dienone is 4. The Morgan fingerprint density at radius 3 is 2.64 bits per heavy atom. The highest BCUT2D eigenvalue weighted by atomic mass is 19.3. The van der Waals surface area contributed by atoms with E-state index in [2.05, 4.69) is 10.4 Å². The smallest absolute Gasteiger partial charge is 0.371 e. The van der Waals surface area contributed by atoms with Crippen molar-refractivity contribution in [3.8, 4) is 0 Å². The predicted octanol–water partition coefficient (Wildman–Crippen LogP) is 3.12. The van der Waals surface area contributed by atoms with Crippen molar-refractivity contribution in [3.05, 3.63) is 92.0 Å². The van der Waals surface area contributed by atoms with E-state index in [-0.39, 0.29) is 18.3 Å². The van der Waals surface area contributed by atoms with Gasteiger partial charge < -0.3 is 9.47 Å². The number of hydrogen-bond donors (Lipinski definition) is 0. The van der Waals surface area contributed by atoms with E-state index in [0.717, 1.165) is 23.1 Å². The summed E-state index contributed by atoms with van der Waals surface area (Å²) >= 11 is 0. The molecule has 0 fully saturated rings. The lowest BCUT2D eigenvalue weighted by molar-refractivity contribution is -0.385. The van der Waals surface area contributed by atoms with E-state index in [1.165, 1.54) is 25.1 Å². The summed E-state index contributed by atoms with van der Waals surface area (Å²) in [5.41, 5.74) is -1.24. The summed E-state index contributed by atoms with van der Waals surface area (Å²) in [4.78, 5) is 23.0. The number of nitro benzene ring substituents is 1. The number of nitrogens with zero attached hydrogens (tertiary/aromatic N) is 5. The van der Waals surface area contributed by atoms with Crippen LogP contribution in [0.3, 0.4) is 0 Å². The molecule has 14 heteroatoms. The van der Waals surface area contributed by atoms with Crippen molar-refractivity contribution < 1.29 is 32.0 Å². The fraction of sp³-hybridized carbons (Fsp3) is 0.211. The maximum Gasteiger partial charge on any atom is 0.371 e. The van der Waals surface area contributed by atoms with Crippen LogP contribution >= 0.6 is 0 Å². The van der Waals surface area contributed by atoms with Crippen molar-refractivity contribution >= 4 is 11.6 Å². The van der Waals surface area contributed by atoms with Gasteiger partial charge in [0, 0.05) is 11.6 Å². The number of halogens is 4. The molecule has 2 heterocycles. The summed E-state index contributed by atoms with van der Waals surface area (Å²) in [7, 11) is 0. The van der Waals surface area contributed by atoms with Crippen molar-refractivity contribution in [2.24, 2.45) is 0 Å². The summed E-state index contributed by atoms with van der Waals surface area (Å²) < 4.78 is 67.2. The number of aryl methyl sites for hydroxylation is 1. The molecule has 0 bridgehead atoms. The second-order valence-electron chi connectivity index (χ2n) is 7.02. The lowest BCUT2D eigenvalue weighted by Gasteiger charge is -2.30. The Balaban J connectivity index is 1.56. The van der Waals surface area contributed by atoms with Crippen molar-refractivity contribution in [1.82, 2.24) is 19.8 Å². The third kappa shape index (κ3) is 3.79. The van der Waals surface area contributed by atoms with E-state index < -0.39 is 39.7 Å². The first-order chi connectivity index (χ1) is 15.5. The predicted molar refractivity (Wildman–Crippen MR) is 103 cm³/mol. The molecule has 2 aromatic rings. The molecule has 33 heavy (non-hydrogen) atoms. The Bertz CT molecular complexity index is 1320. The number of benzene rings is 1. The third-order valence-electron chi connectivity index (χ3n) is 4.79. The Morgan fingerprint density at radius 2 is 1.94 bits per heavy atom. The lowest BCUT2D eigenvalue weighted by atomic mass is 9.95. The van der Waals surface area contributed by atoms with Gasteiger partial charge in [0.25, 0.3) is 11.6 Å². The molecule has 0 atom stereocenters. The molecule has 0 N–H and O–H groups in total. The van der Waals surface area contributed by atoms with Crippen molar-refractivity contribution in [3.63, 3.8) is 0 Å². The molecular weight excluding hydrogens is 454 g/mol. The van der Waals surface area contributed by atoms with E-state index in [0.29, 0.717) is 22.1 Å². The first kappa shape index (κ1) is 22.0. The average molecular weight is 467 g/mol. The molecule has 1 aromatic heterocycles. The number of alkyl halides is 4. The van der Waals surface area contributed by atoms with E-state index in [9.17, 15) is 32.5 Å². The fourth-order valence-corrected chi connectivity index (χ4v) is 3.12. The quantitative estimate of drug-likeness (QED) is 0.377. The molecule has 1 aliphatic carbocycles. The molecule has 0 radical (unpaired) electrons. The molecule has 1 aliphatic heterocycles. The molecule has 2 aliphatic rings. The molecular formula is C19H13F4N5O5. The average Bonchev–Trinajstić information content (AvgIpc) is 3.10. The van der Waals surface area contributed by atoms with Gasteiger partial charge >= 0.3 is 17.5 Å². The van der Waals surface area contributed by atoms with E-state index in [4.69, 9.17) is 9.47 Å². The number of hydrogen-bond acceptors (Lipinski definition) is 7. The highest BCUT2D eigenvalue weighted by Crippen LogP contribution is 2.46. The molecule has 0 saturated heterocycles. The van der Waals surface area contributed by atoms with Crippen LogP contribution < -0.4 is 5.69 Å². The number of tetrazole rings is 1. The Labute approximate surface area is 181 Å². The SMILES string of the molecule is Cc1cc(Cn2nnn(C3=COC=C(C4=CC=CC(F)(F)C4(F)F)O3)c2=O)ccc1[N+](=O)[O-]. The van der Waals surface area contributed by atoms with Crippen LogP contribution in [-0.4, -0.2) is 36.6 Å². The van der Waals surface area contributed by atoms with Gasteiger partial charge in [0.1, 0.15) is 6.26 Å². The van der Waals surface area contributed by atoms with Gasteiger partial charge in [0.15, 0.2) is 12.0 Å². The monoisotopic (exact) mass is 467 g/mol. The molecule has 0 amide bonds. The van der Waals surface area contributed by atoms with Crippen LogP contribution in [0.1, 0.15) is 11.1 Å². The van der Waals surface area contributed by atoms with Crippen LogP contribution in [0.25, 0.3) is 5.88 Å². The maximum absolute atomic E-state index is 14.2. The standard InChI is InChI=1S/C19H13F4N5O5/c1-11-7-12(4-5-14(11)28(30)31)8-26-17(29)27(25-24-26)16-10-32-9-15(33-16)13-3-2-6-18(20,21)19(13,22)23/h2-7,9-10H,8H2,1H3. The van der Waals surface area contributed by atoms with Crippen LogP contribution in [-0.2, 0) is 16.0 Å². The molecule has 1 aromatic carbocycles. The van der Waals surface area contributed by atoms with Crippen molar-refractivity contribution in [1.29, 1.82) is 0 Å². The first-order valence-electron chi connectivity index (χ1n) is 9.18. The van der Waals surface area contributed by atoms with Gasteiger partial charge in [0.05, 0.1) is 17.0 Å². The Kier molecular flexibility index (Phi) is 5.14. The van der Waals surface area contributed by atoms with Crippen LogP contribution in [0.15, 0.2) is 65.1 Å². The van der Waals surface area contributed by atoms with Crippen molar-refractivity contribution in [2.45, 2.75) is 25.3 Å². The zero-order chi connectivity index (χ0) is 24.0. The third-order valence-corrected chi connectivity index (χ3v) is 4.79. The maximum atomic E-state index is 14.2. The molecule has 172 valence electrons. The van der Waals surface area contributed by atoms with Crippen LogP contribution in [0.5, 0.6) is 0 Å². The van der Waals surface area contributed by atoms with E-state index >= 15 is 0 Å². The van der Waals surface area contributed by atoms with Crippen LogP contribution in [0.4, 0.5) is 23.2 Å². The second kappa shape index (κ2) is 7.72. The first-order valence-corrected chi connectivity index (χ1v) is 9.18. The van der Waals surface area contributed by atoms with Gasteiger partial charge in [0.2, 0.25) is 0 Å². The Hall–Kier alpha value is -4.23. The molecule has 0 saturated carbocycles. The minimum atomic E-state index is -4.59. The summed E-state index contributed by atoms with van der Waals surface area (Å²) in [6, 6.07) is 4.21. The molecule has 0 unspecified atom stereocenters. The van der Waals surface area contributed by atoms with E-state index in [1.807, 2.05) is 0 Å². The van der Waals surface area contributed by atoms with Gasteiger partial charge in [-0.05, 0) is 41.1 Å². The zero-order valence-corrected chi connectivity index (χ0v) is 16.6. The molecule has 10 nitrogen and oxygen atoms in total. The second-order valence-corrected chi connectivity index (χ2v) is 7.02. The largest absolute Gasteiger partial charge is 0.463 e. The summed E-state index contributed by atoms with van der Waals surface area (Å²) in [6.45, 7) is 1.41. The fourth-order valence-electron chi connectivity index (χ4n) is 3.12. The topological polar surface area (TPSA) is 114 Å². The molecule has 4 rings (SSSR count). The lowest BCUT2D eigenvalue weighted by Crippen LogP contribution is -2.43. The summed E-state index contributed by atoms with van der Waals surface area (Å²) in [5.74, 6) is -10.3. The van der Waals surface area contributed by atoms with Gasteiger partial charge in [-0.25, -0.2) is 4.79 Å². The number of aromatic nitrogens is 4. The van der Waals surface area contributed by atoms with E-state index in [1.54, 1.807) is 0 Å². The van der Waals surface area contributed by atoms with Gasteiger partial charge in [-0.15, -0.1) is 4.68 Å². The summed E-state index contributed by atoms with van der Waals surface area (Å²) in [5, 5.41) is 18.2. The minimum Gasteiger partial charge on any atom is -0.463 e. The number of ether oxygens (including phenoxy) is 2. The normalized spacial score (nSPS) is 18.5. The van der Waals surface area contributed by atoms with Gasteiger partial charge in [-0.3, -0.25) is 10.1 Å². The van der Waals surface area contributed by atoms with Crippen molar-refractivity contribution in [2.75, 3.05) is 0 Å². The van der Waals surface area contributed by atoms with Gasteiger partial charge in [-0.2, -0.15) is 22.2 Å². The van der Waals surface area contributed by atoms with Crippen LogP contribution in [0.2, 0.25) is 0 Å². The molecule has 0 spiro atoms. The Morgan fingerprint density at radius 1 is 1.18 bits per heavy atom. The number of rotatable bonds is 5. The number of nitro groups is 1. The zero-order valence-electron chi connectivity index (χ0n) is 16.6. The highest BCUT2D eigenvalue weighted by molar-refractivity contribution is 5.47. The summed E-state index contributed by atoms with van der Waals surface area (Å²) in [6.07, 6.45) is 3.10. The van der Waals surface area contributed by atoms with Crippen LogP contribution in [0, 0.1) is 17.0 Å². The minimum absolute atomic E-state index is 0.0630. The van der Waals surface area contributed by atoms with Gasteiger partial charge in [-0.1, -0.05) is 12.1 Å².